The van der Waals surface area contributed by atoms with Crippen molar-refractivity contribution in [1.82, 2.24) is 9.97 Å². The lowest BCUT2D eigenvalue weighted by molar-refractivity contribution is 0.101. The zero-order valence-corrected chi connectivity index (χ0v) is 19.8. The average molecular weight is 506 g/mol. The lowest BCUT2D eigenvalue weighted by Crippen LogP contribution is -2.15. The Morgan fingerprint density at radius 1 is 0.889 bits per heavy atom. The quantitative estimate of drug-likeness (QED) is 0.277. The maximum Gasteiger partial charge on any atom is 0.257 e. The Morgan fingerprint density at radius 2 is 1.58 bits per heavy atom. The van der Waals surface area contributed by atoms with Crippen molar-refractivity contribution in [3.05, 3.63) is 101 Å². The lowest BCUT2D eigenvalue weighted by Gasteiger charge is -2.11. The van der Waals surface area contributed by atoms with Gasteiger partial charge in [0.05, 0.1) is 35.8 Å². The first kappa shape index (κ1) is 24.6. The molecule has 4 rings (SSSR count). The van der Waals surface area contributed by atoms with Crippen molar-refractivity contribution in [3.63, 3.8) is 0 Å². The zero-order valence-electron chi connectivity index (χ0n) is 19.1. The Labute approximate surface area is 211 Å². The van der Waals surface area contributed by atoms with E-state index in [-0.39, 0.29) is 10.6 Å². The van der Waals surface area contributed by atoms with Gasteiger partial charge in [0.15, 0.2) is 0 Å². The summed E-state index contributed by atoms with van der Waals surface area (Å²) in [6, 6.07) is 18.0. The third-order valence-corrected chi connectivity index (χ3v) is 5.40. The second-order valence-corrected chi connectivity index (χ2v) is 7.99. The van der Waals surface area contributed by atoms with Crippen LogP contribution in [-0.2, 0) is 6.67 Å². The van der Waals surface area contributed by atoms with Crippen LogP contribution in [0.2, 0.25) is 5.02 Å². The first-order valence-corrected chi connectivity index (χ1v) is 11.1. The minimum Gasteiger partial charge on any atom is -0.497 e. The number of amides is 2. The van der Waals surface area contributed by atoms with Gasteiger partial charge in [0.1, 0.15) is 12.4 Å². The lowest BCUT2D eigenvalue weighted by atomic mass is 10.1. The van der Waals surface area contributed by atoms with E-state index >= 15 is 0 Å². The van der Waals surface area contributed by atoms with Gasteiger partial charge in [-0.25, -0.2) is 14.4 Å². The average Bonchev–Trinajstić information content (AvgIpc) is 2.91. The Bertz CT molecular complexity index is 1380. The van der Waals surface area contributed by atoms with Crippen molar-refractivity contribution in [2.75, 3.05) is 23.1 Å². The molecule has 0 aliphatic rings. The molecule has 1 heterocycles. The summed E-state index contributed by atoms with van der Waals surface area (Å²) in [5.74, 6) is 0.132. The molecule has 0 bridgehead atoms. The van der Waals surface area contributed by atoms with E-state index < -0.39 is 18.5 Å². The second-order valence-electron chi connectivity index (χ2n) is 7.59. The molecule has 8 nitrogen and oxygen atoms in total. The molecule has 0 radical (unpaired) electrons. The summed E-state index contributed by atoms with van der Waals surface area (Å²) in [6.07, 6.45) is 2.91. The van der Waals surface area contributed by atoms with Gasteiger partial charge < -0.3 is 20.7 Å². The van der Waals surface area contributed by atoms with Gasteiger partial charge in [-0.2, -0.15) is 0 Å². The van der Waals surface area contributed by atoms with Crippen molar-refractivity contribution < 1.29 is 18.7 Å². The van der Waals surface area contributed by atoms with Crippen LogP contribution in [0.5, 0.6) is 5.75 Å². The number of aromatic nitrogens is 2. The highest BCUT2D eigenvalue weighted by molar-refractivity contribution is 6.34. The van der Waals surface area contributed by atoms with Crippen LogP contribution in [0, 0.1) is 0 Å². The first-order valence-electron chi connectivity index (χ1n) is 10.8. The molecule has 0 spiro atoms. The van der Waals surface area contributed by atoms with E-state index in [1.165, 1.54) is 30.6 Å². The minimum absolute atomic E-state index is 0.146. The third-order valence-electron chi connectivity index (χ3n) is 5.07. The summed E-state index contributed by atoms with van der Waals surface area (Å²) in [7, 11) is 1.59. The minimum atomic E-state index is -0.672. The van der Waals surface area contributed by atoms with Crippen LogP contribution in [0.3, 0.4) is 0 Å². The predicted octanol–water partition coefficient (Wildman–Crippen LogP) is 5.86. The summed E-state index contributed by atoms with van der Waals surface area (Å²) in [5.41, 5.74) is 2.32. The van der Waals surface area contributed by atoms with E-state index in [4.69, 9.17) is 16.3 Å². The van der Waals surface area contributed by atoms with E-state index in [9.17, 15) is 14.0 Å². The fourth-order valence-corrected chi connectivity index (χ4v) is 3.44. The molecule has 0 atom stereocenters. The number of carbonyl (C=O) groups excluding carboxylic acids is 2. The van der Waals surface area contributed by atoms with Crippen LogP contribution < -0.4 is 20.7 Å². The van der Waals surface area contributed by atoms with Crippen LogP contribution >= 0.6 is 11.6 Å². The maximum atomic E-state index is 12.9. The SMILES string of the molecule is COc1ccc(Nc2ncc(NC(=O)c3cc(NC(=O)c4cccc(CF)c4)ccc3Cl)cn2)cc1. The molecule has 0 aliphatic carbocycles. The van der Waals surface area contributed by atoms with Gasteiger partial charge in [-0.3, -0.25) is 9.59 Å². The van der Waals surface area contributed by atoms with Gasteiger partial charge in [-0.1, -0.05) is 23.7 Å². The molecule has 10 heteroatoms. The largest absolute Gasteiger partial charge is 0.497 e. The molecule has 182 valence electrons. The van der Waals surface area contributed by atoms with Crippen LogP contribution in [0.1, 0.15) is 26.3 Å². The number of halogens is 2. The molecular formula is C26H21ClFN5O3. The van der Waals surface area contributed by atoms with Gasteiger partial charge in [-0.05, 0) is 60.2 Å². The van der Waals surface area contributed by atoms with Gasteiger partial charge in [0.2, 0.25) is 5.95 Å². The molecular weight excluding hydrogens is 485 g/mol. The fourth-order valence-electron chi connectivity index (χ4n) is 3.24. The molecule has 0 aliphatic heterocycles. The number of benzene rings is 3. The smallest absolute Gasteiger partial charge is 0.257 e. The van der Waals surface area contributed by atoms with E-state index in [1.54, 1.807) is 43.5 Å². The summed E-state index contributed by atoms with van der Waals surface area (Å²) >= 11 is 6.22. The van der Waals surface area contributed by atoms with Crippen molar-refractivity contribution in [1.29, 1.82) is 0 Å². The van der Waals surface area contributed by atoms with Gasteiger partial charge in [0.25, 0.3) is 11.8 Å². The van der Waals surface area contributed by atoms with Gasteiger partial charge in [0, 0.05) is 16.9 Å². The van der Waals surface area contributed by atoms with Crippen LogP contribution in [-0.4, -0.2) is 28.9 Å². The molecule has 0 saturated carbocycles. The maximum absolute atomic E-state index is 12.9. The van der Waals surface area contributed by atoms with Crippen molar-refractivity contribution in [3.8, 4) is 5.75 Å². The molecule has 0 unspecified atom stereocenters. The Hall–Kier alpha value is -4.50. The molecule has 1 aromatic heterocycles. The Kier molecular flexibility index (Phi) is 7.72. The predicted molar refractivity (Wildman–Crippen MR) is 137 cm³/mol. The number of hydrogen-bond donors (Lipinski definition) is 3. The topological polar surface area (TPSA) is 105 Å². The number of rotatable bonds is 8. The second kappa shape index (κ2) is 11.3. The highest BCUT2D eigenvalue weighted by Gasteiger charge is 2.14. The number of alkyl halides is 1. The zero-order chi connectivity index (χ0) is 25.5. The highest BCUT2D eigenvalue weighted by atomic mass is 35.5. The standard InChI is InChI=1S/C26H21ClFN5O3/c1-36-21-8-5-18(6-9-21)33-26-29-14-20(15-30-26)32-25(35)22-12-19(7-10-23(22)27)31-24(34)17-4-2-3-16(11-17)13-28/h2-12,14-15H,13H2,1H3,(H,31,34)(H,32,35)(H,29,30,33). The molecule has 2 amide bonds. The summed E-state index contributed by atoms with van der Waals surface area (Å²) in [4.78, 5) is 33.8. The van der Waals surface area contributed by atoms with Gasteiger partial charge in [-0.15, -0.1) is 0 Å². The number of methoxy groups -OCH3 is 1. The fraction of sp³-hybridized carbons (Fsp3) is 0.0769. The number of carbonyl (C=O) groups is 2. The van der Waals surface area contributed by atoms with E-state index in [0.717, 1.165) is 11.4 Å². The van der Waals surface area contributed by atoms with E-state index in [1.807, 2.05) is 12.1 Å². The third kappa shape index (κ3) is 6.13. The Morgan fingerprint density at radius 3 is 2.28 bits per heavy atom. The molecule has 36 heavy (non-hydrogen) atoms. The molecule has 0 fully saturated rings. The molecule has 4 aromatic rings. The van der Waals surface area contributed by atoms with Crippen LogP contribution in [0.4, 0.5) is 27.4 Å². The first-order chi connectivity index (χ1) is 17.4. The number of ether oxygens (including phenoxy) is 1. The van der Waals surface area contributed by atoms with Crippen LogP contribution in [0.15, 0.2) is 79.1 Å². The highest BCUT2D eigenvalue weighted by Crippen LogP contribution is 2.23. The van der Waals surface area contributed by atoms with Gasteiger partial charge >= 0.3 is 0 Å². The summed E-state index contributed by atoms with van der Waals surface area (Å²) < 4.78 is 18.0. The monoisotopic (exact) mass is 505 g/mol. The van der Waals surface area contributed by atoms with Crippen molar-refractivity contribution in [2.24, 2.45) is 0 Å². The summed E-state index contributed by atoms with van der Waals surface area (Å²) in [5, 5.41) is 8.63. The Balaban J connectivity index is 1.41. The number of nitrogens with zero attached hydrogens (tertiary/aromatic N) is 2. The van der Waals surface area contributed by atoms with E-state index in [2.05, 4.69) is 25.9 Å². The number of anilines is 4. The molecule has 3 aromatic carbocycles. The summed E-state index contributed by atoms with van der Waals surface area (Å²) in [6.45, 7) is -0.672. The normalized spacial score (nSPS) is 10.4. The molecule has 0 saturated heterocycles. The van der Waals surface area contributed by atoms with Crippen molar-refractivity contribution in [2.45, 2.75) is 6.67 Å². The van der Waals surface area contributed by atoms with Crippen molar-refractivity contribution >= 4 is 46.4 Å². The van der Waals surface area contributed by atoms with Crippen LogP contribution in [0.25, 0.3) is 0 Å². The number of hydrogen-bond acceptors (Lipinski definition) is 6. The van der Waals surface area contributed by atoms with E-state index in [0.29, 0.717) is 28.5 Å². The number of nitrogens with one attached hydrogen (secondary N) is 3. The molecule has 3 N–H and O–H groups in total.